The summed E-state index contributed by atoms with van der Waals surface area (Å²) in [5.41, 5.74) is 5.30. The molecule has 0 saturated carbocycles. The Morgan fingerprint density at radius 1 is 0.974 bits per heavy atom. The van der Waals surface area contributed by atoms with Crippen LogP contribution in [0.4, 0.5) is 27.5 Å². The third-order valence-electron chi connectivity index (χ3n) is 13.5. The molecule has 0 bridgehead atoms. The lowest BCUT2D eigenvalue weighted by Crippen LogP contribution is -2.57. The van der Waals surface area contributed by atoms with E-state index in [9.17, 15) is 38.3 Å². The fourth-order valence-corrected chi connectivity index (χ4v) is 10.1. The first-order valence-corrected chi connectivity index (χ1v) is 26.1. The van der Waals surface area contributed by atoms with Crippen LogP contribution in [0.3, 0.4) is 0 Å². The van der Waals surface area contributed by atoms with E-state index in [-0.39, 0.29) is 79.6 Å². The van der Waals surface area contributed by atoms with Crippen molar-refractivity contribution in [2.75, 3.05) is 44.9 Å². The molecule has 1 aliphatic heterocycles. The van der Waals surface area contributed by atoms with Crippen molar-refractivity contribution in [3.63, 3.8) is 0 Å². The van der Waals surface area contributed by atoms with Gasteiger partial charge in [0.1, 0.15) is 41.7 Å². The second-order valence-electron chi connectivity index (χ2n) is 20.1. The van der Waals surface area contributed by atoms with Crippen LogP contribution in [0.2, 0.25) is 0 Å². The number of nitrogens with zero attached hydrogens (tertiary/aromatic N) is 6. The third kappa shape index (κ3) is 12.7. The summed E-state index contributed by atoms with van der Waals surface area (Å²) in [6, 6.07) is 17.1. The molecule has 0 unspecified atom stereocenters. The van der Waals surface area contributed by atoms with Crippen molar-refractivity contribution in [2.45, 2.75) is 91.0 Å². The molecule has 0 aliphatic carbocycles. The van der Waals surface area contributed by atoms with Gasteiger partial charge in [0.05, 0.1) is 57.1 Å². The molecule has 3 atom stereocenters. The zero-order valence-corrected chi connectivity index (χ0v) is 44.8. The predicted molar refractivity (Wildman–Crippen MR) is 292 cm³/mol. The maximum Gasteiger partial charge on any atom is 0.256 e. The van der Waals surface area contributed by atoms with Crippen molar-refractivity contribution in [3.05, 3.63) is 107 Å². The SMILES string of the molecule is CNC(=O)c1c(F)cccc1Nc1nc(Nc2cc3c(ccn3C(=O)CN(C)C(=O)CCCCCC(=O)N[C@H](C(=O)N3C[C@H](O)C[C@H]3C(=O)NCc3ccc(-c4scnc4C)cc3)C(C)(C)C)cc2OC)nc2[nH]ccc12. The Balaban J connectivity index is 0.823. The zero-order valence-electron chi connectivity index (χ0n) is 44.0. The second-order valence-corrected chi connectivity index (χ2v) is 20.9. The number of H-pyrrole nitrogens is 1. The molecule has 1 fully saturated rings. The van der Waals surface area contributed by atoms with Crippen LogP contribution >= 0.6 is 11.3 Å². The summed E-state index contributed by atoms with van der Waals surface area (Å²) in [7, 11) is 4.46. The minimum absolute atomic E-state index is 0.0407. The van der Waals surface area contributed by atoms with Gasteiger partial charge in [-0.2, -0.15) is 9.97 Å². The standard InChI is InChI=1S/C55H63FN12O8S/c1-31-47(77-30-60-31)33-18-16-32(17-19-33)27-59-51(73)41-25-35(69)28-68(41)53(75)48(55(2,3)4)63-43(70)14-9-8-10-15-44(71)66(6)29-45(72)67-23-21-34-24-42(76-7)39(26-40(34)67)62-54-64-49-36(20-22-58-49)50(65-54)61-38-13-11-12-37(56)46(38)52(74)57-5/h11-13,16-24,26,30,35,41,48,69H,8-10,14-15,25,27-29H2,1-7H3,(H,57,74)(H,59,73)(H,63,70)(H3,58,61,62,64,65)/t35-,41+,48-/m1/s1. The van der Waals surface area contributed by atoms with E-state index in [1.807, 2.05) is 52.0 Å². The number of anilines is 4. The molecule has 1 saturated heterocycles. The van der Waals surface area contributed by atoms with E-state index >= 15 is 0 Å². The molecule has 1 aliphatic rings. The average molecular weight is 1070 g/mol. The van der Waals surface area contributed by atoms with Crippen LogP contribution in [0, 0.1) is 18.2 Å². The van der Waals surface area contributed by atoms with Gasteiger partial charge >= 0.3 is 0 Å². The number of halogens is 1. The quantitative estimate of drug-likeness (QED) is 0.0373. The molecule has 77 heavy (non-hydrogen) atoms. The van der Waals surface area contributed by atoms with E-state index in [0.717, 1.165) is 21.7 Å². The van der Waals surface area contributed by atoms with Gasteiger partial charge in [0.15, 0.2) is 0 Å². The Kier molecular flexibility index (Phi) is 17.0. The van der Waals surface area contributed by atoms with Crippen LogP contribution in [-0.4, -0.2) is 127 Å². The number of unbranched alkanes of at least 4 members (excludes halogenated alkanes) is 2. The molecule has 3 aromatic carbocycles. The number of β-amino-alcohol motifs (C(OH)–C–C–N with tert-alkyl or cyclic N) is 1. The largest absolute Gasteiger partial charge is 0.495 e. The molecule has 8 rings (SSSR count). The Bertz CT molecular complexity index is 3330. The first kappa shape index (κ1) is 55.0. The predicted octanol–water partition coefficient (Wildman–Crippen LogP) is 7.20. The molecule has 4 aromatic heterocycles. The Morgan fingerprint density at radius 2 is 1.74 bits per heavy atom. The number of aromatic amines is 1. The van der Waals surface area contributed by atoms with Gasteiger partial charge in [0.25, 0.3) is 11.8 Å². The molecular formula is C55H63FN12O8S. The summed E-state index contributed by atoms with van der Waals surface area (Å²) in [6.45, 7) is 7.41. The van der Waals surface area contributed by atoms with E-state index in [1.54, 1.807) is 66.6 Å². The van der Waals surface area contributed by atoms with Gasteiger partial charge in [-0.1, -0.05) is 57.5 Å². The lowest BCUT2D eigenvalue weighted by atomic mass is 9.85. The molecule has 5 heterocycles. The van der Waals surface area contributed by atoms with Crippen molar-refractivity contribution in [1.29, 1.82) is 0 Å². The maximum atomic E-state index is 14.8. The van der Waals surface area contributed by atoms with Crippen molar-refractivity contribution in [1.82, 2.24) is 50.3 Å². The van der Waals surface area contributed by atoms with Gasteiger partial charge < -0.3 is 51.2 Å². The molecule has 7 aromatic rings. The fraction of sp³-hybridized carbons (Fsp3) is 0.364. The number of likely N-dealkylation sites (tertiary alicyclic amines) is 1. The number of hydrogen-bond donors (Lipinski definition) is 7. The van der Waals surface area contributed by atoms with Crippen LogP contribution in [-0.2, 0) is 25.7 Å². The first-order chi connectivity index (χ1) is 36.8. The van der Waals surface area contributed by atoms with Crippen LogP contribution in [0.25, 0.3) is 32.4 Å². The summed E-state index contributed by atoms with van der Waals surface area (Å²) >= 11 is 1.56. The minimum atomic E-state index is -0.973. The van der Waals surface area contributed by atoms with E-state index < -0.39 is 47.1 Å². The number of nitrogens with one attached hydrogen (secondary N) is 6. The number of hydrogen-bond acceptors (Lipinski definition) is 14. The summed E-state index contributed by atoms with van der Waals surface area (Å²) < 4.78 is 22.0. The lowest BCUT2D eigenvalue weighted by Gasteiger charge is -2.35. The number of methoxy groups -OCH3 is 1. The normalized spacial score (nSPS) is 14.8. The van der Waals surface area contributed by atoms with Crippen molar-refractivity contribution >= 4 is 91.9 Å². The number of ether oxygens (including phenoxy) is 1. The van der Waals surface area contributed by atoms with E-state index in [4.69, 9.17) is 4.74 Å². The highest BCUT2D eigenvalue weighted by molar-refractivity contribution is 7.13. The number of rotatable bonds is 20. The zero-order chi connectivity index (χ0) is 55.1. The van der Waals surface area contributed by atoms with Crippen molar-refractivity contribution in [2.24, 2.45) is 5.41 Å². The highest BCUT2D eigenvalue weighted by atomic mass is 32.1. The number of fused-ring (bicyclic) bond motifs is 2. The number of carbonyl (C=O) groups is 6. The van der Waals surface area contributed by atoms with Crippen molar-refractivity contribution in [3.8, 4) is 16.2 Å². The van der Waals surface area contributed by atoms with Gasteiger partial charge in [-0.25, -0.2) is 9.37 Å². The van der Waals surface area contributed by atoms with Crippen LogP contribution in [0.5, 0.6) is 5.75 Å². The number of carbonyl (C=O) groups excluding carboxylic acids is 6. The Labute approximate surface area is 448 Å². The number of benzene rings is 3. The summed E-state index contributed by atoms with van der Waals surface area (Å²) in [5.74, 6) is -2.34. The molecule has 5 amide bonds. The smallest absolute Gasteiger partial charge is 0.256 e. The molecule has 404 valence electrons. The Morgan fingerprint density at radius 3 is 2.45 bits per heavy atom. The molecule has 0 radical (unpaired) electrons. The minimum Gasteiger partial charge on any atom is -0.495 e. The molecule has 0 spiro atoms. The van der Waals surface area contributed by atoms with E-state index in [1.165, 1.54) is 40.7 Å². The Hall–Kier alpha value is -8.24. The topological polar surface area (TPSA) is 258 Å². The summed E-state index contributed by atoms with van der Waals surface area (Å²) in [6.07, 6.45) is 4.11. The second kappa shape index (κ2) is 23.8. The number of aliphatic hydroxyl groups excluding tert-OH is 1. The van der Waals surface area contributed by atoms with Crippen molar-refractivity contribution < 1.29 is 43.0 Å². The van der Waals surface area contributed by atoms with Crippen LogP contribution < -0.4 is 31.3 Å². The van der Waals surface area contributed by atoms with Gasteiger partial charge in [-0.3, -0.25) is 33.3 Å². The maximum absolute atomic E-state index is 14.8. The summed E-state index contributed by atoms with van der Waals surface area (Å²) in [5, 5.41) is 26.4. The van der Waals surface area contributed by atoms with Gasteiger partial charge in [-0.05, 0) is 72.7 Å². The van der Waals surface area contributed by atoms with Gasteiger partial charge in [0, 0.05) is 64.2 Å². The fourth-order valence-electron chi connectivity index (χ4n) is 9.28. The average Bonchev–Trinajstić information content (AvgIpc) is 4.25. The monoisotopic (exact) mass is 1070 g/mol. The lowest BCUT2D eigenvalue weighted by molar-refractivity contribution is -0.144. The highest BCUT2D eigenvalue weighted by Gasteiger charge is 2.44. The molecular weight excluding hydrogens is 1010 g/mol. The highest BCUT2D eigenvalue weighted by Crippen LogP contribution is 2.35. The van der Waals surface area contributed by atoms with Crippen LogP contribution in [0.15, 0.2) is 84.6 Å². The van der Waals surface area contributed by atoms with E-state index in [0.29, 0.717) is 52.6 Å². The number of likely N-dealkylation sites (N-methyl/N-ethyl adjacent to an activating group) is 1. The molecule has 22 heteroatoms. The first-order valence-electron chi connectivity index (χ1n) is 25.2. The third-order valence-corrected chi connectivity index (χ3v) is 14.4. The number of amides is 5. The number of aromatic nitrogens is 5. The number of aryl methyl sites for hydroxylation is 1. The number of aliphatic hydroxyl groups is 1. The molecule has 20 nitrogen and oxygen atoms in total. The number of thiazole rings is 1. The summed E-state index contributed by atoms with van der Waals surface area (Å²) in [4.78, 5) is 101. The van der Waals surface area contributed by atoms with Gasteiger partial charge in [-0.15, -0.1) is 11.3 Å². The van der Waals surface area contributed by atoms with Crippen LogP contribution in [0.1, 0.15) is 85.7 Å². The van der Waals surface area contributed by atoms with Gasteiger partial charge in [0.2, 0.25) is 29.6 Å². The molecule has 7 N–H and O–H groups in total. The van der Waals surface area contributed by atoms with E-state index in [2.05, 4.69) is 46.5 Å².